The van der Waals surface area contributed by atoms with E-state index in [1.807, 2.05) is 20.8 Å². The second-order valence-corrected chi connectivity index (χ2v) is 6.75. The van der Waals surface area contributed by atoms with Gasteiger partial charge < -0.3 is 10.4 Å². The molecule has 1 atom stereocenters. The van der Waals surface area contributed by atoms with Crippen molar-refractivity contribution in [3.8, 4) is 0 Å². The third kappa shape index (κ3) is 5.31. The maximum Gasteiger partial charge on any atom is 0.224 e. The molecule has 20 heavy (non-hydrogen) atoms. The maximum absolute atomic E-state index is 12.1. The first kappa shape index (κ1) is 17.3. The molecule has 0 aromatic heterocycles. The minimum atomic E-state index is -0.109. The van der Waals surface area contributed by atoms with E-state index in [-0.39, 0.29) is 30.4 Å². The topological polar surface area (TPSA) is 49.3 Å². The van der Waals surface area contributed by atoms with E-state index in [0.29, 0.717) is 16.5 Å². The maximum atomic E-state index is 12.1. The summed E-state index contributed by atoms with van der Waals surface area (Å²) in [7, 11) is 0. The molecule has 0 aliphatic carbocycles. The molecule has 0 saturated heterocycles. The first-order chi connectivity index (χ1) is 9.24. The van der Waals surface area contributed by atoms with Gasteiger partial charge in [0, 0.05) is 22.7 Å². The largest absolute Gasteiger partial charge is 0.396 e. The lowest BCUT2D eigenvalue weighted by atomic mass is 9.85. The van der Waals surface area contributed by atoms with Crippen LogP contribution in [-0.2, 0) is 11.2 Å². The van der Waals surface area contributed by atoms with E-state index in [1.165, 1.54) is 0 Å². The Balaban J connectivity index is 2.70. The van der Waals surface area contributed by atoms with Crippen LogP contribution in [0.3, 0.4) is 0 Å². The van der Waals surface area contributed by atoms with Crippen molar-refractivity contribution >= 4 is 29.1 Å². The van der Waals surface area contributed by atoms with E-state index in [1.54, 1.807) is 18.2 Å². The molecule has 1 unspecified atom stereocenters. The summed E-state index contributed by atoms with van der Waals surface area (Å²) in [6, 6.07) is 5.01. The zero-order valence-electron chi connectivity index (χ0n) is 12.0. The quantitative estimate of drug-likeness (QED) is 0.873. The lowest BCUT2D eigenvalue weighted by molar-refractivity contribution is -0.122. The van der Waals surface area contributed by atoms with E-state index in [9.17, 15) is 4.79 Å². The number of carbonyl (C=O) groups excluding carboxylic acids is 1. The van der Waals surface area contributed by atoms with Crippen LogP contribution in [0, 0.1) is 5.41 Å². The van der Waals surface area contributed by atoms with Crippen molar-refractivity contribution in [2.24, 2.45) is 5.41 Å². The Hall–Kier alpha value is -0.770. The fraction of sp³-hybridized carbons (Fsp3) is 0.533. The average molecular weight is 318 g/mol. The number of aliphatic hydroxyl groups excluding tert-OH is 1. The number of aliphatic hydroxyl groups is 1. The Morgan fingerprint density at radius 1 is 1.35 bits per heavy atom. The highest BCUT2D eigenvalue weighted by molar-refractivity contribution is 6.35. The Labute approximate surface area is 130 Å². The third-order valence-corrected chi connectivity index (χ3v) is 3.75. The Kier molecular flexibility index (Phi) is 6.31. The molecule has 0 aliphatic rings. The molecule has 3 nitrogen and oxygen atoms in total. The zero-order valence-corrected chi connectivity index (χ0v) is 13.6. The van der Waals surface area contributed by atoms with Crippen molar-refractivity contribution in [1.82, 2.24) is 5.32 Å². The first-order valence-corrected chi connectivity index (χ1v) is 7.33. The zero-order chi connectivity index (χ0) is 15.3. The van der Waals surface area contributed by atoms with Crippen LogP contribution in [0.1, 0.15) is 32.8 Å². The molecule has 0 radical (unpaired) electrons. The summed E-state index contributed by atoms with van der Waals surface area (Å²) in [5.41, 5.74) is 0.632. The predicted molar refractivity (Wildman–Crippen MR) is 83.3 cm³/mol. The van der Waals surface area contributed by atoms with E-state index >= 15 is 0 Å². The van der Waals surface area contributed by atoms with Crippen LogP contribution in [0.15, 0.2) is 18.2 Å². The minimum Gasteiger partial charge on any atom is -0.396 e. The van der Waals surface area contributed by atoms with Crippen molar-refractivity contribution < 1.29 is 9.90 Å². The summed E-state index contributed by atoms with van der Waals surface area (Å²) in [4.78, 5) is 12.1. The second kappa shape index (κ2) is 7.30. The number of rotatable bonds is 5. The Morgan fingerprint density at radius 3 is 2.50 bits per heavy atom. The number of halogens is 2. The van der Waals surface area contributed by atoms with Crippen LogP contribution in [0.25, 0.3) is 0 Å². The molecule has 0 bridgehead atoms. The number of nitrogens with one attached hydrogen (secondary N) is 1. The molecular formula is C15H21Cl2NO2. The molecule has 0 fully saturated rings. The van der Waals surface area contributed by atoms with E-state index < -0.39 is 0 Å². The molecule has 1 aromatic carbocycles. The van der Waals surface area contributed by atoms with Gasteiger partial charge in [0.15, 0.2) is 0 Å². The van der Waals surface area contributed by atoms with Crippen molar-refractivity contribution in [2.75, 3.05) is 6.61 Å². The summed E-state index contributed by atoms with van der Waals surface area (Å²) in [6.45, 7) is 6.14. The molecule has 112 valence electrons. The summed E-state index contributed by atoms with van der Waals surface area (Å²) in [5.74, 6) is -0.109. The van der Waals surface area contributed by atoms with Crippen molar-refractivity contribution in [3.05, 3.63) is 33.8 Å². The average Bonchev–Trinajstić information content (AvgIpc) is 2.31. The van der Waals surface area contributed by atoms with E-state index in [4.69, 9.17) is 28.3 Å². The van der Waals surface area contributed by atoms with Crippen LogP contribution in [0.4, 0.5) is 0 Å². The highest BCUT2D eigenvalue weighted by atomic mass is 35.5. The van der Waals surface area contributed by atoms with Gasteiger partial charge >= 0.3 is 0 Å². The number of amides is 1. The monoisotopic (exact) mass is 317 g/mol. The Bertz CT molecular complexity index is 469. The van der Waals surface area contributed by atoms with Gasteiger partial charge in [-0.05, 0) is 29.5 Å². The van der Waals surface area contributed by atoms with E-state index in [2.05, 4.69) is 5.32 Å². The molecule has 0 saturated carbocycles. The van der Waals surface area contributed by atoms with Gasteiger partial charge in [-0.1, -0.05) is 50.0 Å². The van der Waals surface area contributed by atoms with Gasteiger partial charge in [-0.3, -0.25) is 4.79 Å². The van der Waals surface area contributed by atoms with Gasteiger partial charge in [0.2, 0.25) is 5.91 Å². The van der Waals surface area contributed by atoms with Gasteiger partial charge in [0.1, 0.15) is 0 Å². The molecule has 0 spiro atoms. The van der Waals surface area contributed by atoms with Crippen molar-refractivity contribution in [3.63, 3.8) is 0 Å². The van der Waals surface area contributed by atoms with Crippen LogP contribution in [-0.4, -0.2) is 23.7 Å². The summed E-state index contributed by atoms with van der Waals surface area (Å²) < 4.78 is 0. The molecule has 1 amide bonds. The van der Waals surface area contributed by atoms with Gasteiger partial charge in [0.05, 0.1) is 6.42 Å². The van der Waals surface area contributed by atoms with Gasteiger partial charge in [0.25, 0.3) is 0 Å². The number of carbonyl (C=O) groups is 1. The second-order valence-electron chi connectivity index (χ2n) is 5.91. The minimum absolute atomic E-state index is 0.0456. The third-order valence-electron chi connectivity index (χ3n) is 3.16. The summed E-state index contributed by atoms with van der Waals surface area (Å²) in [6.07, 6.45) is 0.734. The lowest BCUT2D eigenvalue weighted by Gasteiger charge is -2.31. The van der Waals surface area contributed by atoms with Gasteiger partial charge in [-0.15, -0.1) is 0 Å². The molecule has 2 N–H and O–H groups in total. The number of hydrogen-bond acceptors (Lipinski definition) is 2. The standard InChI is InChI=1S/C15H21Cl2NO2/c1-15(2,3)13(6-7-19)18-14(20)8-10-4-5-11(16)9-12(10)17/h4-5,9,13,19H,6-8H2,1-3H3,(H,18,20). The first-order valence-electron chi connectivity index (χ1n) is 6.58. The van der Waals surface area contributed by atoms with E-state index in [0.717, 1.165) is 5.56 Å². The molecular weight excluding hydrogens is 297 g/mol. The summed E-state index contributed by atoms with van der Waals surface area (Å²) in [5, 5.41) is 13.1. The number of hydrogen-bond donors (Lipinski definition) is 2. The lowest BCUT2D eigenvalue weighted by Crippen LogP contribution is -2.44. The van der Waals surface area contributed by atoms with Crippen LogP contribution < -0.4 is 5.32 Å². The molecule has 0 heterocycles. The van der Waals surface area contributed by atoms with Crippen LogP contribution in [0.5, 0.6) is 0 Å². The predicted octanol–water partition coefficient (Wildman–Crippen LogP) is 3.45. The SMILES string of the molecule is CC(C)(C)C(CCO)NC(=O)Cc1ccc(Cl)cc1Cl. The van der Waals surface area contributed by atoms with Crippen molar-refractivity contribution in [1.29, 1.82) is 0 Å². The fourth-order valence-electron chi connectivity index (χ4n) is 1.93. The Morgan fingerprint density at radius 2 is 2.00 bits per heavy atom. The highest BCUT2D eigenvalue weighted by Gasteiger charge is 2.25. The normalized spacial score (nSPS) is 13.1. The molecule has 5 heteroatoms. The van der Waals surface area contributed by atoms with Crippen LogP contribution in [0.2, 0.25) is 10.0 Å². The van der Waals surface area contributed by atoms with Crippen molar-refractivity contribution in [2.45, 2.75) is 39.7 Å². The fourth-order valence-corrected chi connectivity index (χ4v) is 2.41. The van der Waals surface area contributed by atoms with Gasteiger partial charge in [-0.25, -0.2) is 0 Å². The van der Waals surface area contributed by atoms with Crippen LogP contribution >= 0.6 is 23.2 Å². The highest BCUT2D eigenvalue weighted by Crippen LogP contribution is 2.23. The summed E-state index contributed by atoms with van der Waals surface area (Å²) >= 11 is 11.9. The molecule has 0 aliphatic heterocycles. The van der Waals surface area contributed by atoms with Gasteiger partial charge in [-0.2, -0.15) is 0 Å². The molecule has 1 rings (SSSR count). The smallest absolute Gasteiger partial charge is 0.224 e. The molecule has 1 aromatic rings. The number of benzene rings is 1.